The largest absolute Gasteiger partial charge is 0.491 e. The highest BCUT2D eigenvalue weighted by atomic mass is 35.5. The zero-order valence-corrected chi connectivity index (χ0v) is 17.2. The van der Waals surface area contributed by atoms with Crippen molar-refractivity contribution in [1.29, 1.82) is 0 Å². The van der Waals surface area contributed by atoms with Gasteiger partial charge in [-0.3, -0.25) is 15.1 Å². The maximum Gasteiger partial charge on any atom is 0.269 e. The molecule has 0 amide bonds. The van der Waals surface area contributed by atoms with Gasteiger partial charge >= 0.3 is 0 Å². The van der Waals surface area contributed by atoms with Crippen LogP contribution in [0.2, 0.25) is 4.34 Å². The lowest BCUT2D eigenvalue weighted by Gasteiger charge is -2.22. The number of halogens is 1. The summed E-state index contributed by atoms with van der Waals surface area (Å²) >= 11 is 7.48. The van der Waals surface area contributed by atoms with Crippen molar-refractivity contribution in [3.05, 3.63) is 55.7 Å². The molecule has 152 valence electrons. The van der Waals surface area contributed by atoms with Gasteiger partial charge in [-0.25, -0.2) is 0 Å². The Hall–Kier alpha value is -2.36. The molecule has 0 spiro atoms. The first-order valence-electron chi connectivity index (χ1n) is 8.68. The molecule has 1 aromatic heterocycles. The van der Waals surface area contributed by atoms with Crippen molar-refractivity contribution in [1.82, 2.24) is 10.2 Å². The number of hydrogen-bond acceptors (Lipinski definition) is 6. The van der Waals surface area contributed by atoms with E-state index in [2.05, 4.69) is 10.3 Å². The van der Waals surface area contributed by atoms with E-state index in [0.717, 1.165) is 9.21 Å². The van der Waals surface area contributed by atoms with E-state index in [4.69, 9.17) is 16.3 Å². The molecule has 0 radical (unpaired) electrons. The van der Waals surface area contributed by atoms with Gasteiger partial charge in [0, 0.05) is 30.6 Å². The molecule has 10 heteroatoms. The molecule has 1 unspecified atom stereocenters. The lowest BCUT2D eigenvalue weighted by molar-refractivity contribution is -0.384. The first-order chi connectivity index (χ1) is 13.4. The molecule has 0 aliphatic heterocycles. The van der Waals surface area contributed by atoms with E-state index in [-0.39, 0.29) is 18.8 Å². The van der Waals surface area contributed by atoms with Gasteiger partial charge in [0.25, 0.3) is 5.69 Å². The third-order valence-electron chi connectivity index (χ3n) is 3.66. The van der Waals surface area contributed by atoms with Gasteiger partial charge in [-0.2, -0.15) is 0 Å². The fourth-order valence-electron chi connectivity index (χ4n) is 2.32. The Morgan fingerprint density at radius 1 is 1.39 bits per heavy atom. The SMILES string of the molecule is CCNC(=NCC(O)COc1ccc([N+](=O)[O-])cc1)N(C)Cc1ccc(Cl)s1. The van der Waals surface area contributed by atoms with Crippen LogP contribution in [-0.2, 0) is 6.54 Å². The number of aliphatic hydroxyl groups is 1. The third kappa shape index (κ3) is 6.99. The Bertz CT molecular complexity index is 797. The first-order valence-corrected chi connectivity index (χ1v) is 9.87. The van der Waals surface area contributed by atoms with Crippen LogP contribution in [0.3, 0.4) is 0 Å². The second kappa shape index (κ2) is 10.8. The normalized spacial score (nSPS) is 12.5. The number of aliphatic hydroxyl groups excluding tert-OH is 1. The Kier molecular flexibility index (Phi) is 8.49. The van der Waals surface area contributed by atoms with Crippen LogP contribution in [0, 0.1) is 10.1 Å². The van der Waals surface area contributed by atoms with Crippen LogP contribution in [0.25, 0.3) is 0 Å². The molecule has 0 bridgehead atoms. The number of non-ortho nitro benzene ring substituents is 1. The summed E-state index contributed by atoms with van der Waals surface area (Å²) < 4.78 is 6.20. The number of nitro groups is 1. The Morgan fingerprint density at radius 2 is 2.11 bits per heavy atom. The second-order valence-corrected chi connectivity index (χ2v) is 7.77. The lowest BCUT2D eigenvalue weighted by Crippen LogP contribution is -2.39. The molecule has 8 nitrogen and oxygen atoms in total. The molecule has 0 saturated carbocycles. The molecule has 28 heavy (non-hydrogen) atoms. The Labute approximate surface area is 172 Å². The van der Waals surface area contributed by atoms with Crippen molar-refractivity contribution in [2.75, 3.05) is 26.7 Å². The summed E-state index contributed by atoms with van der Waals surface area (Å²) in [6.45, 7) is 3.51. The highest BCUT2D eigenvalue weighted by molar-refractivity contribution is 7.16. The highest BCUT2D eigenvalue weighted by Gasteiger charge is 2.11. The number of ether oxygens (including phenoxy) is 1. The average Bonchev–Trinajstić information content (AvgIpc) is 3.08. The maximum absolute atomic E-state index is 10.6. The molecule has 2 aromatic rings. The van der Waals surface area contributed by atoms with Crippen LogP contribution in [0.5, 0.6) is 5.75 Å². The van der Waals surface area contributed by atoms with Crippen molar-refractivity contribution < 1.29 is 14.8 Å². The van der Waals surface area contributed by atoms with Gasteiger partial charge in [0.1, 0.15) is 18.5 Å². The third-order valence-corrected chi connectivity index (χ3v) is 4.88. The number of thiophene rings is 1. The molecule has 0 fully saturated rings. The van der Waals surface area contributed by atoms with Gasteiger partial charge in [-0.1, -0.05) is 11.6 Å². The van der Waals surface area contributed by atoms with Crippen LogP contribution < -0.4 is 10.1 Å². The zero-order valence-electron chi connectivity index (χ0n) is 15.7. The fourth-order valence-corrected chi connectivity index (χ4v) is 3.46. The number of rotatable bonds is 9. The van der Waals surface area contributed by atoms with Crippen LogP contribution in [0.15, 0.2) is 41.4 Å². The Balaban J connectivity index is 1.87. The summed E-state index contributed by atoms with van der Waals surface area (Å²) in [4.78, 5) is 17.7. The van der Waals surface area contributed by atoms with Crippen molar-refractivity contribution in [2.45, 2.75) is 19.6 Å². The van der Waals surface area contributed by atoms with Crippen LogP contribution in [-0.4, -0.2) is 53.7 Å². The topological polar surface area (TPSA) is 100 Å². The lowest BCUT2D eigenvalue weighted by atomic mass is 10.3. The van der Waals surface area contributed by atoms with Crippen molar-refractivity contribution in [2.24, 2.45) is 4.99 Å². The number of hydrogen-bond donors (Lipinski definition) is 2. The first kappa shape index (κ1) is 21.9. The minimum atomic E-state index is -0.812. The minimum Gasteiger partial charge on any atom is -0.491 e. The molecule has 0 aliphatic carbocycles. The van der Waals surface area contributed by atoms with E-state index in [1.165, 1.54) is 35.6 Å². The molecule has 0 aliphatic rings. The number of nitrogens with one attached hydrogen (secondary N) is 1. The van der Waals surface area contributed by atoms with E-state index >= 15 is 0 Å². The van der Waals surface area contributed by atoms with Crippen LogP contribution in [0.1, 0.15) is 11.8 Å². The summed E-state index contributed by atoms with van der Waals surface area (Å²) in [5.41, 5.74) is -0.0113. The van der Waals surface area contributed by atoms with Gasteiger partial charge in [0.2, 0.25) is 0 Å². The quantitative estimate of drug-likeness (QED) is 0.276. The molecular weight excluding hydrogens is 404 g/mol. The summed E-state index contributed by atoms with van der Waals surface area (Å²) in [7, 11) is 1.91. The summed E-state index contributed by atoms with van der Waals surface area (Å²) in [5.74, 6) is 1.12. The molecule has 2 rings (SSSR count). The molecule has 0 saturated heterocycles. The predicted octanol–water partition coefficient (Wildman–Crippen LogP) is 3.15. The van der Waals surface area contributed by atoms with E-state index in [1.807, 2.05) is 31.0 Å². The van der Waals surface area contributed by atoms with E-state index < -0.39 is 11.0 Å². The standard InChI is InChI=1S/C18H23ClN4O4S/c1-3-20-18(22(2)11-16-8-9-17(19)28-16)21-10-14(24)12-27-15-6-4-13(5-7-15)23(25)26/h4-9,14,24H,3,10-12H2,1-2H3,(H,20,21). The molecule has 1 aromatic carbocycles. The minimum absolute atomic E-state index is 0.0113. The summed E-state index contributed by atoms with van der Waals surface area (Å²) in [5, 5.41) is 24.0. The van der Waals surface area contributed by atoms with E-state index in [9.17, 15) is 15.2 Å². The zero-order chi connectivity index (χ0) is 20.5. The monoisotopic (exact) mass is 426 g/mol. The second-order valence-electron chi connectivity index (χ2n) is 5.97. The van der Waals surface area contributed by atoms with Crippen molar-refractivity contribution >= 4 is 34.6 Å². The van der Waals surface area contributed by atoms with E-state index in [1.54, 1.807) is 0 Å². The van der Waals surface area contributed by atoms with E-state index in [0.29, 0.717) is 24.8 Å². The van der Waals surface area contributed by atoms with Gasteiger partial charge in [-0.15, -0.1) is 11.3 Å². The smallest absolute Gasteiger partial charge is 0.269 e. The van der Waals surface area contributed by atoms with Crippen LogP contribution in [0.4, 0.5) is 5.69 Å². The summed E-state index contributed by atoms with van der Waals surface area (Å²) in [6.07, 6.45) is -0.812. The van der Waals surface area contributed by atoms with Crippen molar-refractivity contribution in [3.8, 4) is 5.75 Å². The molecule has 1 atom stereocenters. The highest BCUT2D eigenvalue weighted by Crippen LogP contribution is 2.22. The van der Waals surface area contributed by atoms with Gasteiger partial charge in [0.15, 0.2) is 5.96 Å². The van der Waals surface area contributed by atoms with Gasteiger partial charge < -0.3 is 20.1 Å². The molecular formula is C18H23ClN4O4S. The number of nitrogens with zero attached hydrogens (tertiary/aromatic N) is 3. The number of nitro benzene ring substituents is 1. The number of benzene rings is 1. The number of guanidine groups is 1. The number of aliphatic imine (C=N–C) groups is 1. The van der Waals surface area contributed by atoms with Gasteiger partial charge in [-0.05, 0) is 31.2 Å². The average molecular weight is 427 g/mol. The predicted molar refractivity (Wildman–Crippen MR) is 111 cm³/mol. The molecule has 2 N–H and O–H groups in total. The Morgan fingerprint density at radius 3 is 2.68 bits per heavy atom. The summed E-state index contributed by atoms with van der Waals surface area (Å²) in [6, 6.07) is 9.54. The fraction of sp³-hybridized carbons (Fsp3) is 0.389. The van der Waals surface area contributed by atoms with Crippen LogP contribution >= 0.6 is 22.9 Å². The molecule has 1 heterocycles. The van der Waals surface area contributed by atoms with Crippen molar-refractivity contribution in [3.63, 3.8) is 0 Å². The maximum atomic E-state index is 10.6. The van der Waals surface area contributed by atoms with Gasteiger partial charge in [0.05, 0.1) is 22.3 Å².